The molecule has 0 bridgehead atoms. The molecule has 5 rings (SSSR count). The van der Waals surface area contributed by atoms with Crippen molar-refractivity contribution in [2.45, 2.75) is 32.5 Å². The van der Waals surface area contributed by atoms with Crippen molar-refractivity contribution in [3.05, 3.63) is 53.8 Å². The summed E-state index contributed by atoms with van der Waals surface area (Å²) in [5, 5.41) is 28.6. The predicted molar refractivity (Wildman–Crippen MR) is 154 cm³/mol. The van der Waals surface area contributed by atoms with Crippen LogP contribution in [0.2, 0.25) is 0 Å². The van der Waals surface area contributed by atoms with Crippen molar-refractivity contribution >= 4 is 45.5 Å². The fourth-order valence-electron chi connectivity index (χ4n) is 5.45. The Labute approximate surface area is 235 Å². The van der Waals surface area contributed by atoms with Gasteiger partial charge in [-0.05, 0) is 56.7 Å². The van der Waals surface area contributed by atoms with E-state index in [2.05, 4.69) is 32.0 Å². The molecule has 0 saturated carbocycles. The van der Waals surface area contributed by atoms with Crippen LogP contribution in [-0.2, 0) is 11.2 Å². The number of nitriles is 1. The van der Waals surface area contributed by atoms with Gasteiger partial charge in [0.05, 0.1) is 45.2 Å². The van der Waals surface area contributed by atoms with Crippen molar-refractivity contribution < 1.29 is 14.7 Å². The van der Waals surface area contributed by atoms with Crippen LogP contribution < -0.4 is 20.9 Å². The Morgan fingerprint density at radius 2 is 2.17 bits per heavy atom. The third-order valence-corrected chi connectivity index (χ3v) is 8.46. The second-order valence-corrected chi connectivity index (χ2v) is 10.9. The number of aliphatic imine (C=N–C) groups is 1. The Hall–Kier alpha value is -4.34. The number of benzene rings is 1. The van der Waals surface area contributed by atoms with Gasteiger partial charge in [-0.15, -0.1) is 11.3 Å². The number of carbonyl (C=O) groups excluding carboxylic acids is 1. The fraction of sp³-hybridized carbons (Fsp3) is 0.357. The number of carboxylic acid groups (broad SMARTS) is 1. The number of fused-ring (bicyclic) bond motifs is 1. The van der Waals surface area contributed by atoms with Crippen LogP contribution in [0.5, 0.6) is 0 Å². The summed E-state index contributed by atoms with van der Waals surface area (Å²) in [5.74, 6) is -3.05. The standard InChI is InChI=1S/C28H30N8O3S/c1-3-31-26(39)35-28(23-16-30-11-8-27(23,2)25(37)38)34-10-4-12-36(28)19-13-20(24-22(14-19)33-17-40-24)21-6-5-18(7-9-29)15-32-21/h4-6,10,12-15,17,23,30H,3,7-8,11,16H2,1-2H3,(H,37,38)(H2,31,35,39). The van der Waals surface area contributed by atoms with Gasteiger partial charge in [-0.1, -0.05) is 6.07 Å². The maximum Gasteiger partial charge on any atom is 0.318 e. The maximum absolute atomic E-state index is 13.1. The number of anilines is 1. The molecule has 4 heterocycles. The number of nitrogens with one attached hydrogen (secondary N) is 3. The van der Waals surface area contributed by atoms with Gasteiger partial charge in [0.1, 0.15) is 0 Å². The maximum atomic E-state index is 13.1. The SMILES string of the molecule is CCNC(=O)NC1(C2CNCCC2(C)C(=O)O)N=CC=CN1c1cc(-c2ccc(CC#N)cn2)c2scnc2c1. The molecule has 3 aromatic rings. The van der Waals surface area contributed by atoms with Gasteiger partial charge in [0.25, 0.3) is 0 Å². The van der Waals surface area contributed by atoms with E-state index in [4.69, 9.17) is 10.3 Å². The van der Waals surface area contributed by atoms with Gasteiger partial charge in [0.2, 0.25) is 5.79 Å². The number of aliphatic carboxylic acids is 1. The Kier molecular flexibility index (Phi) is 7.51. The molecule has 11 nitrogen and oxygen atoms in total. The van der Waals surface area contributed by atoms with E-state index in [1.807, 2.05) is 36.1 Å². The van der Waals surface area contributed by atoms with Crippen LogP contribution in [0.1, 0.15) is 25.8 Å². The molecule has 40 heavy (non-hydrogen) atoms. The van der Waals surface area contributed by atoms with Crippen molar-refractivity contribution in [2.75, 3.05) is 24.5 Å². The molecule has 2 amide bonds. The fourth-order valence-corrected chi connectivity index (χ4v) is 6.24. The highest BCUT2D eigenvalue weighted by Gasteiger charge is 2.57. The molecular weight excluding hydrogens is 528 g/mol. The molecule has 4 N–H and O–H groups in total. The van der Waals surface area contributed by atoms with Crippen molar-refractivity contribution in [2.24, 2.45) is 16.3 Å². The van der Waals surface area contributed by atoms with E-state index in [0.29, 0.717) is 37.4 Å². The number of pyridine rings is 1. The summed E-state index contributed by atoms with van der Waals surface area (Å²) in [6, 6.07) is 9.31. The van der Waals surface area contributed by atoms with Gasteiger partial charge >= 0.3 is 12.0 Å². The molecule has 0 spiro atoms. The highest BCUT2D eigenvalue weighted by atomic mass is 32.1. The number of urea groups is 1. The molecule has 12 heteroatoms. The summed E-state index contributed by atoms with van der Waals surface area (Å²) in [6.45, 7) is 4.79. The summed E-state index contributed by atoms with van der Waals surface area (Å²) in [5.41, 5.74) is 4.34. The molecule has 2 aromatic heterocycles. The summed E-state index contributed by atoms with van der Waals surface area (Å²) >= 11 is 1.49. The number of allylic oxidation sites excluding steroid dienone is 1. The largest absolute Gasteiger partial charge is 0.481 e. The molecule has 3 atom stereocenters. The van der Waals surface area contributed by atoms with E-state index >= 15 is 0 Å². The number of carboxylic acids is 1. The van der Waals surface area contributed by atoms with Crippen LogP contribution in [0.15, 0.2) is 53.2 Å². The summed E-state index contributed by atoms with van der Waals surface area (Å²) < 4.78 is 0.936. The van der Waals surface area contributed by atoms with Gasteiger partial charge in [-0.2, -0.15) is 5.26 Å². The van der Waals surface area contributed by atoms with E-state index < -0.39 is 29.1 Å². The first-order valence-corrected chi connectivity index (χ1v) is 13.9. The van der Waals surface area contributed by atoms with Crippen molar-refractivity contribution in [1.29, 1.82) is 5.26 Å². The second-order valence-electron chi connectivity index (χ2n) is 10.0. The molecule has 2 aliphatic rings. The van der Waals surface area contributed by atoms with E-state index in [9.17, 15) is 14.7 Å². The molecule has 1 aromatic carbocycles. The minimum absolute atomic E-state index is 0.269. The topological polar surface area (TPSA) is 156 Å². The zero-order valence-electron chi connectivity index (χ0n) is 22.2. The van der Waals surface area contributed by atoms with Gasteiger partial charge < -0.3 is 20.6 Å². The Morgan fingerprint density at radius 3 is 2.90 bits per heavy atom. The Morgan fingerprint density at radius 1 is 1.32 bits per heavy atom. The molecule has 1 fully saturated rings. The highest BCUT2D eigenvalue weighted by molar-refractivity contribution is 7.17. The van der Waals surface area contributed by atoms with Gasteiger partial charge in [-0.3, -0.25) is 15.1 Å². The first-order valence-electron chi connectivity index (χ1n) is 13.0. The monoisotopic (exact) mass is 558 g/mol. The number of rotatable bonds is 7. The van der Waals surface area contributed by atoms with Crippen LogP contribution in [0.4, 0.5) is 10.5 Å². The lowest BCUT2D eigenvalue weighted by Gasteiger charge is -2.52. The molecular formula is C28H30N8O3S. The van der Waals surface area contributed by atoms with Crippen LogP contribution in [0, 0.1) is 22.7 Å². The number of hydrogen-bond donors (Lipinski definition) is 4. The summed E-state index contributed by atoms with van der Waals surface area (Å²) in [7, 11) is 0. The summed E-state index contributed by atoms with van der Waals surface area (Å²) in [6.07, 6.45) is 7.48. The lowest BCUT2D eigenvalue weighted by atomic mass is 9.68. The smallest absolute Gasteiger partial charge is 0.318 e. The van der Waals surface area contributed by atoms with Crippen LogP contribution in [0.3, 0.4) is 0 Å². The first-order chi connectivity index (χ1) is 19.3. The quantitative estimate of drug-likeness (QED) is 0.343. The van der Waals surface area contributed by atoms with Crippen LogP contribution in [0.25, 0.3) is 21.5 Å². The third kappa shape index (κ3) is 4.78. The average Bonchev–Trinajstić information content (AvgIpc) is 3.42. The van der Waals surface area contributed by atoms with E-state index in [-0.39, 0.29) is 6.42 Å². The van der Waals surface area contributed by atoms with Crippen LogP contribution >= 0.6 is 11.3 Å². The zero-order valence-corrected chi connectivity index (χ0v) is 23.0. The Balaban J connectivity index is 1.68. The number of amides is 2. The molecule has 3 unspecified atom stereocenters. The minimum atomic E-state index is -1.46. The molecule has 206 valence electrons. The average molecular weight is 559 g/mol. The molecule has 0 radical (unpaired) electrons. The zero-order chi connectivity index (χ0) is 28.3. The van der Waals surface area contributed by atoms with E-state index in [0.717, 1.165) is 21.3 Å². The lowest BCUT2D eigenvalue weighted by molar-refractivity contribution is -0.155. The van der Waals surface area contributed by atoms with Gasteiger partial charge in [0, 0.05) is 43.0 Å². The van der Waals surface area contributed by atoms with Crippen LogP contribution in [-0.4, -0.2) is 58.7 Å². The number of hydrogen-bond acceptors (Lipinski definition) is 9. The number of nitrogens with zero attached hydrogens (tertiary/aromatic N) is 5. The van der Waals surface area contributed by atoms with Crippen molar-refractivity contribution in [3.8, 4) is 17.3 Å². The predicted octanol–water partition coefficient (Wildman–Crippen LogP) is 3.50. The van der Waals surface area contributed by atoms with Crippen molar-refractivity contribution in [1.82, 2.24) is 25.9 Å². The number of piperidine rings is 1. The van der Waals surface area contributed by atoms with Crippen molar-refractivity contribution in [3.63, 3.8) is 0 Å². The third-order valence-electron chi connectivity index (χ3n) is 7.59. The number of thiazole rings is 1. The molecule has 2 aliphatic heterocycles. The number of carbonyl (C=O) groups is 2. The first kappa shape index (κ1) is 27.2. The molecule has 1 saturated heterocycles. The minimum Gasteiger partial charge on any atom is -0.481 e. The second kappa shape index (κ2) is 11.0. The van der Waals surface area contributed by atoms with E-state index in [1.54, 1.807) is 37.1 Å². The Bertz CT molecular complexity index is 1530. The van der Waals surface area contributed by atoms with Gasteiger partial charge in [-0.25, -0.2) is 14.8 Å². The highest BCUT2D eigenvalue weighted by Crippen LogP contribution is 2.46. The van der Waals surface area contributed by atoms with E-state index in [1.165, 1.54) is 11.3 Å². The lowest BCUT2D eigenvalue weighted by Crippen LogP contribution is -2.71. The number of aromatic nitrogens is 2. The van der Waals surface area contributed by atoms with Gasteiger partial charge in [0.15, 0.2) is 0 Å². The summed E-state index contributed by atoms with van der Waals surface area (Å²) in [4.78, 5) is 41.6. The normalized spacial score (nSPS) is 24.0. The molecule has 0 aliphatic carbocycles.